The molecule has 4 aliphatic rings. The molecule has 6 N–H and O–H groups in total. The average molecular weight is 939 g/mol. The quantitative estimate of drug-likeness (QED) is 0.0701. The number of ether oxygens (including phenoxy) is 3. The Bertz CT molecular complexity index is 2680. The molecule has 0 bridgehead atoms. The molecule has 0 fully saturated rings. The number of aliphatic imine (C=N–C) groups is 2. The number of unbranched alkanes of at least 4 members (excludes halogenated alkanes) is 2. The molecule has 0 saturated carbocycles. The van der Waals surface area contributed by atoms with Crippen LogP contribution in [0.25, 0.3) is 0 Å². The van der Waals surface area contributed by atoms with Gasteiger partial charge in [0.25, 0.3) is 11.8 Å². The van der Waals surface area contributed by atoms with Gasteiger partial charge in [-0.05, 0) is 110 Å². The predicted molar refractivity (Wildman–Crippen MR) is 264 cm³/mol. The summed E-state index contributed by atoms with van der Waals surface area (Å²) in [4.78, 5) is 78.9. The number of nitrogens with zero attached hydrogens (tertiary/aromatic N) is 4. The first kappa shape index (κ1) is 48.4. The normalized spacial score (nSPS) is 17.5. The number of amides is 5. The van der Waals surface area contributed by atoms with Crippen LogP contribution in [-0.2, 0) is 35.5 Å². The highest BCUT2D eigenvalue weighted by atomic mass is 16.5. The highest BCUT2D eigenvalue weighted by molar-refractivity contribution is 6.04. The molecule has 4 aliphatic heterocycles. The Hall–Kier alpha value is -7.07. The minimum absolute atomic E-state index is 0.0144. The maximum absolute atomic E-state index is 14.2. The molecule has 69 heavy (non-hydrogen) atoms. The zero-order valence-corrected chi connectivity index (χ0v) is 39.8. The van der Waals surface area contributed by atoms with Crippen LogP contribution in [0, 0.1) is 18.8 Å². The van der Waals surface area contributed by atoms with E-state index in [2.05, 4.69) is 22.8 Å². The van der Waals surface area contributed by atoms with Crippen molar-refractivity contribution in [2.75, 3.05) is 32.2 Å². The average Bonchev–Trinajstić information content (AvgIpc) is 3.55. The van der Waals surface area contributed by atoms with Crippen molar-refractivity contribution >= 4 is 59.0 Å². The molecule has 0 radical (unpaired) electrons. The Kier molecular flexibility index (Phi) is 15.1. The number of nitrogens with two attached hydrogens (primary N) is 2. The number of methoxy groups -OCH3 is 1. The van der Waals surface area contributed by atoms with Crippen molar-refractivity contribution in [3.05, 3.63) is 106 Å². The first-order valence-electron chi connectivity index (χ1n) is 23.9. The number of nitrogens with one attached hydrogen (secondary N) is 2. The standard InChI is InChI=1S/C53H62N8O8/c1-31(2)49(54)45(62)23-35(13-10-16-56-53(55)66)50(63)59-38-15-14-34-22-40-28-58-44-26-48(47(67-4)24-42(44)52(65)61(40)30-37(34)20-38)69-18-9-5-8-17-68-46-25-43-41(19-32(46)3)51(64)60-29-36-12-7-6-11-33(36)21-39(60)27-57-43/h6-7,11-12,14-15,19-20,24-28,31,35,39-40,49H,5,8-10,13,16-18,21-23,29-30,54H2,1-4H3,(H,59,63)(H3,55,56,66)/t35-,39+,40+,49+/m1/s1. The third-order valence-corrected chi connectivity index (χ3v) is 13.5. The summed E-state index contributed by atoms with van der Waals surface area (Å²) in [5, 5.41) is 5.51. The van der Waals surface area contributed by atoms with Crippen molar-refractivity contribution in [3.8, 4) is 17.2 Å². The van der Waals surface area contributed by atoms with Crippen molar-refractivity contribution in [2.45, 2.75) is 103 Å². The maximum atomic E-state index is 14.2. The van der Waals surface area contributed by atoms with Gasteiger partial charge in [-0.25, -0.2) is 4.79 Å². The molecular formula is C53H62N8O8. The number of aryl methyl sites for hydroxylation is 1. The van der Waals surface area contributed by atoms with Gasteiger partial charge < -0.3 is 46.1 Å². The smallest absolute Gasteiger partial charge is 0.312 e. The zero-order valence-electron chi connectivity index (χ0n) is 39.8. The molecule has 16 nitrogen and oxygen atoms in total. The van der Waals surface area contributed by atoms with Gasteiger partial charge in [0, 0.05) is 62.2 Å². The summed E-state index contributed by atoms with van der Waals surface area (Å²) in [6, 6.07) is 19.4. The van der Waals surface area contributed by atoms with Crippen molar-refractivity contribution < 1.29 is 38.2 Å². The van der Waals surface area contributed by atoms with E-state index in [1.807, 2.05) is 74.4 Å². The molecule has 16 heteroatoms. The minimum Gasteiger partial charge on any atom is -0.493 e. The van der Waals surface area contributed by atoms with Gasteiger partial charge in [0.1, 0.15) is 5.75 Å². The van der Waals surface area contributed by atoms with E-state index in [9.17, 15) is 24.0 Å². The highest BCUT2D eigenvalue weighted by Crippen LogP contribution is 2.39. The molecule has 5 amide bonds. The van der Waals surface area contributed by atoms with E-state index in [1.54, 1.807) is 30.4 Å². The Morgan fingerprint density at radius 2 is 1.36 bits per heavy atom. The van der Waals surface area contributed by atoms with E-state index < -0.39 is 18.0 Å². The molecule has 0 aromatic heterocycles. The topological polar surface area (TPSA) is 220 Å². The molecule has 4 heterocycles. The van der Waals surface area contributed by atoms with Crippen LogP contribution < -0.4 is 36.3 Å². The fourth-order valence-electron chi connectivity index (χ4n) is 9.42. The largest absolute Gasteiger partial charge is 0.493 e. The summed E-state index contributed by atoms with van der Waals surface area (Å²) in [6.45, 7) is 7.71. The van der Waals surface area contributed by atoms with Gasteiger partial charge in [-0.1, -0.05) is 44.2 Å². The molecule has 4 atom stereocenters. The molecule has 0 saturated heterocycles. The second-order valence-electron chi connectivity index (χ2n) is 18.7. The second-order valence-corrected chi connectivity index (χ2v) is 18.7. The summed E-state index contributed by atoms with van der Waals surface area (Å²) in [6.07, 6.45) is 8.11. The number of hydrogen-bond donors (Lipinski definition) is 4. The van der Waals surface area contributed by atoms with Crippen LogP contribution in [0.5, 0.6) is 17.2 Å². The summed E-state index contributed by atoms with van der Waals surface area (Å²) >= 11 is 0. The lowest BCUT2D eigenvalue weighted by Crippen LogP contribution is -2.44. The van der Waals surface area contributed by atoms with Crippen LogP contribution >= 0.6 is 0 Å². The monoisotopic (exact) mass is 938 g/mol. The number of anilines is 1. The second kappa shape index (κ2) is 21.5. The van der Waals surface area contributed by atoms with Crippen LogP contribution in [-0.4, -0.2) is 96.8 Å². The third-order valence-electron chi connectivity index (χ3n) is 13.5. The fourth-order valence-corrected chi connectivity index (χ4v) is 9.42. The lowest BCUT2D eigenvalue weighted by molar-refractivity contribution is -0.127. The summed E-state index contributed by atoms with van der Waals surface area (Å²) in [7, 11) is 1.54. The van der Waals surface area contributed by atoms with Gasteiger partial charge in [-0.3, -0.25) is 29.2 Å². The number of Topliss-reactive ketones (excluding diaryl/α,β-unsaturated/α-hetero) is 1. The molecular weight excluding hydrogens is 877 g/mol. The Labute approximate surface area is 402 Å². The molecule has 4 aromatic carbocycles. The van der Waals surface area contributed by atoms with Gasteiger partial charge in [0.05, 0.1) is 61.0 Å². The van der Waals surface area contributed by atoms with Gasteiger partial charge in [0.2, 0.25) is 5.91 Å². The Morgan fingerprint density at radius 3 is 2.01 bits per heavy atom. The van der Waals surface area contributed by atoms with Crippen molar-refractivity contribution in [2.24, 2.45) is 33.3 Å². The Balaban J connectivity index is 0.842. The number of hydrogen-bond acceptors (Lipinski definition) is 11. The zero-order chi connectivity index (χ0) is 48.8. The minimum atomic E-state index is -0.694. The van der Waals surface area contributed by atoms with Gasteiger partial charge in [-0.15, -0.1) is 0 Å². The molecule has 0 aliphatic carbocycles. The SMILES string of the molecule is COc1cc2c(cc1OCCCCCOc1cc3c(cc1C)C(=O)N1Cc4ccccc4C[C@H]1C=N3)N=C[C@@H]1Cc3ccc(NC(=O)[C@H](CCCNC(N)=O)CC(=O)[C@@H](N)C(C)C)cc3CN1C2=O. The van der Waals surface area contributed by atoms with Crippen LogP contribution in [0.4, 0.5) is 21.9 Å². The molecule has 4 aromatic rings. The van der Waals surface area contributed by atoms with Crippen LogP contribution in [0.3, 0.4) is 0 Å². The van der Waals surface area contributed by atoms with E-state index in [0.717, 1.165) is 42.4 Å². The number of ketones is 1. The van der Waals surface area contributed by atoms with E-state index in [-0.39, 0.29) is 61.0 Å². The first-order chi connectivity index (χ1) is 33.3. The molecule has 8 rings (SSSR count). The van der Waals surface area contributed by atoms with E-state index >= 15 is 0 Å². The summed E-state index contributed by atoms with van der Waals surface area (Å²) in [5.41, 5.74) is 19.2. The van der Waals surface area contributed by atoms with E-state index in [1.165, 1.54) is 11.1 Å². The number of benzene rings is 4. The summed E-state index contributed by atoms with van der Waals surface area (Å²) < 4.78 is 18.1. The van der Waals surface area contributed by atoms with Crippen molar-refractivity contribution in [1.29, 1.82) is 0 Å². The lowest BCUT2D eigenvalue weighted by Gasteiger charge is -2.34. The van der Waals surface area contributed by atoms with E-state index in [0.29, 0.717) is 84.5 Å². The number of carbonyl (C=O) groups excluding carboxylic acids is 5. The summed E-state index contributed by atoms with van der Waals surface area (Å²) in [5.74, 6) is 0.134. The van der Waals surface area contributed by atoms with Crippen LogP contribution in [0.2, 0.25) is 0 Å². The Morgan fingerprint density at radius 1 is 0.754 bits per heavy atom. The number of fused-ring (bicyclic) bond motifs is 6. The highest BCUT2D eigenvalue weighted by Gasteiger charge is 2.35. The predicted octanol–water partition coefficient (Wildman–Crippen LogP) is 7.14. The lowest BCUT2D eigenvalue weighted by atomic mass is 9.90. The number of urea groups is 1. The van der Waals surface area contributed by atoms with Gasteiger partial charge in [-0.2, -0.15) is 0 Å². The number of rotatable bonds is 19. The van der Waals surface area contributed by atoms with Crippen molar-refractivity contribution in [3.63, 3.8) is 0 Å². The molecule has 362 valence electrons. The van der Waals surface area contributed by atoms with E-state index in [4.69, 9.17) is 35.7 Å². The fraction of sp³-hybridized carbons (Fsp3) is 0.415. The number of primary amides is 1. The molecule has 0 spiro atoms. The van der Waals surface area contributed by atoms with Gasteiger partial charge in [0.15, 0.2) is 17.3 Å². The van der Waals surface area contributed by atoms with Crippen LogP contribution in [0.15, 0.2) is 76.7 Å². The first-order valence-corrected chi connectivity index (χ1v) is 23.9. The van der Waals surface area contributed by atoms with Crippen LogP contribution in [0.1, 0.15) is 101 Å². The number of carbonyl (C=O) groups is 5. The van der Waals surface area contributed by atoms with Gasteiger partial charge >= 0.3 is 6.03 Å². The molecule has 0 unspecified atom stereocenters. The van der Waals surface area contributed by atoms with Crippen molar-refractivity contribution in [1.82, 2.24) is 15.1 Å². The maximum Gasteiger partial charge on any atom is 0.312 e. The third kappa shape index (κ3) is 11.1.